The van der Waals surface area contributed by atoms with Crippen molar-refractivity contribution in [3.8, 4) is 0 Å². The Bertz CT molecular complexity index is 486. The Balaban J connectivity index is 1.91. The van der Waals surface area contributed by atoms with Gasteiger partial charge in [0.05, 0.1) is 0 Å². The summed E-state index contributed by atoms with van der Waals surface area (Å²) in [6, 6.07) is 12.9. The molecule has 1 aromatic carbocycles. The third-order valence-corrected chi connectivity index (χ3v) is 4.57. The average molecular weight is 259 g/mol. The summed E-state index contributed by atoms with van der Waals surface area (Å²) in [7, 11) is 0. The number of thiophene rings is 1. The molecule has 0 radical (unpaired) electrons. The molecule has 1 aromatic heterocycles. The van der Waals surface area contributed by atoms with Gasteiger partial charge in [-0.3, -0.25) is 0 Å². The molecule has 0 spiro atoms. The first-order chi connectivity index (χ1) is 8.59. The number of hydrogen-bond acceptors (Lipinski definition) is 2. The van der Waals surface area contributed by atoms with Crippen molar-refractivity contribution in [3.63, 3.8) is 0 Å². The van der Waals surface area contributed by atoms with Gasteiger partial charge in [0.1, 0.15) is 0 Å². The largest absolute Gasteiger partial charge is 0.312 e. The maximum atomic E-state index is 3.58. The van der Waals surface area contributed by atoms with Crippen LogP contribution in [-0.2, 0) is 12.0 Å². The highest BCUT2D eigenvalue weighted by atomic mass is 32.1. The van der Waals surface area contributed by atoms with E-state index in [0.717, 1.165) is 13.1 Å². The molecule has 96 valence electrons. The third-order valence-electron chi connectivity index (χ3n) is 3.33. The predicted octanol–water partition coefficient (Wildman–Crippen LogP) is 4.12. The summed E-state index contributed by atoms with van der Waals surface area (Å²) >= 11 is 1.84. The van der Waals surface area contributed by atoms with Crippen LogP contribution in [0.2, 0.25) is 0 Å². The fourth-order valence-corrected chi connectivity index (χ4v) is 2.92. The van der Waals surface area contributed by atoms with Crippen LogP contribution in [0.25, 0.3) is 0 Å². The Labute approximate surface area is 114 Å². The number of nitrogens with one attached hydrogen (secondary N) is 1. The van der Waals surface area contributed by atoms with Gasteiger partial charge in [0.2, 0.25) is 0 Å². The molecule has 2 aromatic rings. The van der Waals surface area contributed by atoms with E-state index in [1.807, 2.05) is 11.3 Å². The Morgan fingerprint density at radius 3 is 2.56 bits per heavy atom. The molecule has 0 saturated carbocycles. The highest BCUT2D eigenvalue weighted by Gasteiger charge is 2.20. The van der Waals surface area contributed by atoms with Gasteiger partial charge in [-0.15, -0.1) is 11.3 Å². The lowest BCUT2D eigenvalue weighted by Gasteiger charge is -2.24. The molecular formula is C16H21NS. The molecule has 1 heterocycles. The van der Waals surface area contributed by atoms with Crippen molar-refractivity contribution < 1.29 is 0 Å². The molecule has 0 saturated heterocycles. The van der Waals surface area contributed by atoms with Crippen LogP contribution in [0.5, 0.6) is 0 Å². The van der Waals surface area contributed by atoms with Gasteiger partial charge >= 0.3 is 0 Å². The number of benzene rings is 1. The van der Waals surface area contributed by atoms with Crippen LogP contribution in [0.4, 0.5) is 0 Å². The van der Waals surface area contributed by atoms with Gasteiger partial charge in [-0.05, 0) is 29.5 Å². The van der Waals surface area contributed by atoms with E-state index in [-0.39, 0.29) is 5.41 Å². The molecule has 2 heteroatoms. The average Bonchev–Trinajstić information content (AvgIpc) is 2.86. The summed E-state index contributed by atoms with van der Waals surface area (Å²) in [5, 5.41) is 5.73. The maximum Gasteiger partial charge on any atom is 0.0208 e. The summed E-state index contributed by atoms with van der Waals surface area (Å²) in [6.07, 6.45) is 0. The smallest absolute Gasteiger partial charge is 0.0208 e. The minimum absolute atomic E-state index is 0.205. The predicted molar refractivity (Wildman–Crippen MR) is 80.2 cm³/mol. The summed E-state index contributed by atoms with van der Waals surface area (Å²) in [6.45, 7) is 8.71. The molecule has 18 heavy (non-hydrogen) atoms. The van der Waals surface area contributed by atoms with Gasteiger partial charge in [0.15, 0.2) is 0 Å². The van der Waals surface area contributed by atoms with Crippen molar-refractivity contribution in [1.82, 2.24) is 5.32 Å². The van der Waals surface area contributed by atoms with E-state index >= 15 is 0 Å². The van der Waals surface area contributed by atoms with E-state index in [0.29, 0.717) is 0 Å². The lowest BCUT2D eigenvalue weighted by Crippen LogP contribution is -2.32. The quantitative estimate of drug-likeness (QED) is 0.851. The van der Waals surface area contributed by atoms with Crippen LogP contribution < -0.4 is 5.32 Å². The van der Waals surface area contributed by atoms with Crippen molar-refractivity contribution in [1.29, 1.82) is 0 Å². The molecular weight excluding hydrogens is 238 g/mol. The van der Waals surface area contributed by atoms with Crippen molar-refractivity contribution >= 4 is 11.3 Å². The first kappa shape index (κ1) is 13.3. The molecule has 2 rings (SSSR count). The topological polar surface area (TPSA) is 12.0 Å². The second-order valence-electron chi connectivity index (χ2n) is 5.39. The van der Waals surface area contributed by atoms with Crippen molar-refractivity contribution in [2.24, 2.45) is 0 Å². The van der Waals surface area contributed by atoms with E-state index in [4.69, 9.17) is 0 Å². The van der Waals surface area contributed by atoms with E-state index in [1.165, 1.54) is 16.0 Å². The van der Waals surface area contributed by atoms with Gasteiger partial charge in [0, 0.05) is 23.4 Å². The van der Waals surface area contributed by atoms with Crippen LogP contribution in [0.15, 0.2) is 41.8 Å². The minimum Gasteiger partial charge on any atom is -0.312 e. The summed E-state index contributed by atoms with van der Waals surface area (Å²) < 4.78 is 0. The lowest BCUT2D eigenvalue weighted by atomic mass is 9.91. The maximum absolute atomic E-state index is 3.58. The molecule has 0 bridgehead atoms. The Morgan fingerprint density at radius 2 is 1.89 bits per heavy atom. The van der Waals surface area contributed by atoms with Crippen molar-refractivity contribution in [2.75, 3.05) is 6.54 Å². The van der Waals surface area contributed by atoms with Crippen LogP contribution in [0.3, 0.4) is 0 Å². The summed E-state index contributed by atoms with van der Waals surface area (Å²) in [4.78, 5) is 1.44. The van der Waals surface area contributed by atoms with Crippen LogP contribution >= 0.6 is 11.3 Å². The van der Waals surface area contributed by atoms with E-state index < -0.39 is 0 Å². The molecule has 1 N–H and O–H groups in total. The SMILES string of the molecule is Cc1ccccc1CNCC(C)(C)c1cccs1. The van der Waals surface area contributed by atoms with Crippen molar-refractivity contribution in [3.05, 3.63) is 57.8 Å². The molecule has 0 aliphatic rings. The Morgan fingerprint density at radius 1 is 1.11 bits per heavy atom. The monoisotopic (exact) mass is 259 g/mol. The van der Waals surface area contributed by atoms with Gasteiger partial charge in [-0.25, -0.2) is 0 Å². The minimum atomic E-state index is 0.205. The highest BCUT2D eigenvalue weighted by Crippen LogP contribution is 2.26. The molecule has 0 unspecified atom stereocenters. The fourth-order valence-electron chi connectivity index (χ4n) is 2.07. The van der Waals surface area contributed by atoms with E-state index in [2.05, 4.69) is 67.9 Å². The highest BCUT2D eigenvalue weighted by molar-refractivity contribution is 7.10. The van der Waals surface area contributed by atoms with E-state index in [9.17, 15) is 0 Å². The second-order valence-corrected chi connectivity index (χ2v) is 6.34. The summed E-state index contributed by atoms with van der Waals surface area (Å²) in [5.74, 6) is 0. The molecule has 0 atom stereocenters. The Kier molecular flexibility index (Phi) is 4.20. The molecule has 0 amide bonds. The zero-order valence-corrected chi connectivity index (χ0v) is 12.2. The van der Waals surface area contributed by atoms with Gasteiger partial charge in [-0.2, -0.15) is 0 Å². The normalized spacial score (nSPS) is 11.7. The number of rotatable bonds is 5. The Hall–Kier alpha value is -1.12. The van der Waals surface area contributed by atoms with Gasteiger partial charge in [-0.1, -0.05) is 44.2 Å². The summed E-state index contributed by atoms with van der Waals surface area (Å²) in [5.41, 5.74) is 2.95. The zero-order valence-electron chi connectivity index (χ0n) is 11.4. The molecule has 1 nitrogen and oxygen atoms in total. The number of hydrogen-bond donors (Lipinski definition) is 1. The number of aryl methyl sites for hydroxylation is 1. The van der Waals surface area contributed by atoms with Crippen LogP contribution in [-0.4, -0.2) is 6.54 Å². The van der Waals surface area contributed by atoms with Crippen LogP contribution in [0.1, 0.15) is 29.9 Å². The zero-order chi connectivity index (χ0) is 13.0. The standard InChI is InChI=1S/C16H21NS/c1-13-7-4-5-8-14(13)11-17-12-16(2,3)15-9-6-10-18-15/h4-10,17H,11-12H2,1-3H3. The van der Waals surface area contributed by atoms with Gasteiger partial charge in [0.25, 0.3) is 0 Å². The molecule has 0 fully saturated rings. The van der Waals surface area contributed by atoms with Crippen LogP contribution in [0, 0.1) is 6.92 Å². The second kappa shape index (κ2) is 5.68. The first-order valence-electron chi connectivity index (χ1n) is 6.39. The first-order valence-corrected chi connectivity index (χ1v) is 7.27. The van der Waals surface area contributed by atoms with Gasteiger partial charge < -0.3 is 5.32 Å². The van der Waals surface area contributed by atoms with E-state index in [1.54, 1.807) is 0 Å². The molecule has 0 aliphatic carbocycles. The fraction of sp³-hybridized carbons (Fsp3) is 0.375. The lowest BCUT2D eigenvalue weighted by molar-refractivity contribution is 0.476. The van der Waals surface area contributed by atoms with Crippen molar-refractivity contribution in [2.45, 2.75) is 32.7 Å². The third kappa shape index (κ3) is 3.21. The molecule has 0 aliphatic heterocycles.